The van der Waals surface area contributed by atoms with Crippen molar-refractivity contribution in [1.29, 1.82) is 0 Å². The summed E-state index contributed by atoms with van der Waals surface area (Å²) in [6.07, 6.45) is 3.53. The monoisotopic (exact) mass is 286 g/mol. The Hall–Kier alpha value is -1.27. The van der Waals surface area contributed by atoms with E-state index in [2.05, 4.69) is 22.2 Å². The van der Waals surface area contributed by atoms with Crippen molar-refractivity contribution in [3.8, 4) is 0 Å². The number of aromatic nitrogens is 1. The Balaban J connectivity index is 1.98. The fraction of sp³-hybridized carbons (Fsp3) is 0.455. The van der Waals surface area contributed by atoms with Crippen LogP contribution in [0, 0.1) is 0 Å². The zero-order valence-electron chi connectivity index (χ0n) is 9.83. The summed E-state index contributed by atoms with van der Waals surface area (Å²) in [5, 5.41) is 6.96. The number of nitrogen functional groups attached to an aromatic ring is 1. The third-order valence-corrected chi connectivity index (χ3v) is 3.87. The molecule has 0 saturated heterocycles. The van der Waals surface area contributed by atoms with Crippen LogP contribution in [0.5, 0.6) is 0 Å². The Kier molecular flexibility index (Phi) is 4.08. The van der Waals surface area contributed by atoms with E-state index in [1.54, 1.807) is 0 Å². The summed E-state index contributed by atoms with van der Waals surface area (Å²) in [7, 11) is 0. The summed E-state index contributed by atoms with van der Waals surface area (Å²) < 4.78 is 0. The third kappa shape index (κ3) is 3.14. The average molecular weight is 287 g/mol. The smallest absolute Gasteiger partial charge is 0.265 e. The number of halogens is 1. The fourth-order valence-electron chi connectivity index (χ4n) is 1.54. The number of hydrogen-bond donors (Lipinski definition) is 3. The van der Waals surface area contributed by atoms with Crippen LogP contribution in [0.15, 0.2) is 11.6 Å². The van der Waals surface area contributed by atoms with Gasteiger partial charge in [0.25, 0.3) is 5.91 Å². The van der Waals surface area contributed by atoms with E-state index in [1.165, 1.54) is 17.8 Å². The normalized spacial score (nSPS) is 14.9. The number of rotatable bonds is 5. The number of nitrogens with two attached hydrogens (primary N) is 1. The van der Waals surface area contributed by atoms with Crippen molar-refractivity contribution < 1.29 is 4.79 Å². The van der Waals surface area contributed by atoms with Crippen LogP contribution >= 0.6 is 22.9 Å². The summed E-state index contributed by atoms with van der Waals surface area (Å²) >= 11 is 6.85. The number of amides is 1. The van der Waals surface area contributed by atoms with E-state index in [0.29, 0.717) is 21.1 Å². The van der Waals surface area contributed by atoms with Crippen molar-refractivity contribution in [3.05, 3.63) is 16.5 Å². The van der Waals surface area contributed by atoms with E-state index in [1.807, 2.05) is 0 Å². The molecular weight excluding hydrogens is 272 g/mol. The molecule has 1 heterocycles. The van der Waals surface area contributed by atoms with Gasteiger partial charge in [0.2, 0.25) is 0 Å². The van der Waals surface area contributed by atoms with Crippen molar-refractivity contribution in [3.63, 3.8) is 0 Å². The Bertz CT molecular complexity index is 470. The quantitative estimate of drug-likeness (QED) is 0.775. The van der Waals surface area contributed by atoms with Crippen molar-refractivity contribution in [1.82, 2.24) is 10.3 Å². The molecule has 1 saturated carbocycles. The van der Waals surface area contributed by atoms with Crippen LogP contribution in [0.4, 0.5) is 10.9 Å². The first-order valence-electron chi connectivity index (χ1n) is 5.70. The van der Waals surface area contributed by atoms with E-state index in [-0.39, 0.29) is 18.3 Å². The van der Waals surface area contributed by atoms with E-state index >= 15 is 0 Å². The van der Waals surface area contributed by atoms with Crippen LogP contribution < -0.4 is 16.4 Å². The number of thiazole rings is 1. The van der Waals surface area contributed by atoms with Gasteiger partial charge in [0.15, 0.2) is 5.13 Å². The molecule has 1 aliphatic carbocycles. The molecule has 18 heavy (non-hydrogen) atoms. The van der Waals surface area contributed by atoms with Crippen molar-refractivity contribution in [2.24, 2.45) is 0 Å². The maximum Gasteiger partial charge on any atom is 0.265 e. The van der Waals surface area contributed by atoms with E-state index in [0.717, 1.165) is 12.8 Å². The van der Waals surface area contributed by atoms with Crippen LogP contribution in [-0.4, -0.2) is 23.5 Å². The number of hydrogen-bond acceptors (Lipinski definition) is 5. The minimum atomic E-state index is -0.270. The molecule has 0 radical (unpaired) electrons. The van der Waals surface area contributed by atoms with E-state index < -0.39 is 0 Å². The molecule has 1 aliphatic rings. The lowest BCUT2D eigenvalue weighted by molar-refractivity contribution is 0.0962. The van der Waals surface area contributed by atoms with Crippen LogP contribution in [0.3, 0.4) is 0 Å². The Labute approximate surface area is 114 Å². The molecule has 0 bridgehead atoms. The van der Waals surface area contributed by atoms with Gasteiger partial charge >= 0.3 is 0 Å². The molecule has 4 N–H and O–H groups in total. The molecule has 7 heteroatoms. The average Bonchev–Trinajstić information content (AvgIpc) is 2.62. The second-order valence-electron chi connectivity index (χ2n) is 4.21. The molecule has 0 aromatic carbocycles. The third-order valence-electron chi connectivity index (χ3n) is 2.73. The number of nitrogens with one attached hydrogen (secondary N) is 2. The lowest BCUT2D eigenvalue weighted by atomic mass is 9.93. The maximum atomic E-state index is 11.8. The van der Waals surface area contributed by atoms with Crippen LogP contribution in [-0.2, 0) is 0 Å². The van der Waals surface area contributed by atoms with Crippen molar-refractivity contribution in [2.75, 3.05) is 17.6 Å². The lowest BCUT2D eigenvalue weighted by Gasteiger charge is -2.25. The Morgan fingerprint density at radius 1 is 1.61 bits per heavy atom. The second-order valence-corrected chi connectivity index (χ2v) is 5.74. The van der Waals surface area contributed by atoms with E-state index in [9.17, 15) is 4.79 Å². The van der Waals surface area contributed by atoms with Gasteiger partial charge in [-0.3, -0.25) is 4.79 Å². The molecule has 5 nitrogen and oxygen atoms in total. The predicted octanol–water partition coefficient (Wildman–Crippen LogP) is 2.17. The molecular formula is C11H15ClN4OS. The molecule has 98 valence electrons. The molecule has 1 fully saturated rings. The molecule has 1 aromatic rings. The molecule has 0 spiro atoms. The van der Waals surface area contributed by atoms with Gasteiger partial charge in [-0.1, -0.05) is 29.5 Å². The highest BCUT2D eigenvalue weighted by atomic mass is 35.5. The van der Waals surface area contributed by atoms with Gasteiger partial charge in [0.05, 0.1) is 6.54 Å². The molecule has 2 rings (SSSR count). The zero-order chi connectivity index (χ0) is 13.1. The van der Waals surface area contributed by atoms with Gasteiger partial charge in [-0.2, -0.15) is 0 Å². The van der Waals surface area contributed by atoms with Crippen LogP contribution in [0.1, 0.15) is 28.9 Å². The van der Waals surface area contributed by atoms with Crippen molar-refractivity contribution in [2.45, 2.75) is 25.3 Å². The minimum absolute atomic E-state index is 0.225. The summed E-state index contributed by atoms with van der Waals surface area (Å²) in [5.74, 6) is -0.0204. The van der Waals surface area contributed by atoms with Crippen molar-refractivity contribution >= 4 is 39.8 Å². The SMILES string of the molecule is C=C(Cl)CNC(=O)c1sc(NC2CCC2)nc1N. The summed E-state index contributed by atoms with van der Waals surface area (Å²) in [6.45, 7) is 3.73. The topological polar surface area (TPSA) is 80.0 Å². The molecule has 1 amide bonds. The number of carbonyl (C=O) groups excluding carboxylic acids is 1. The Morgan fingerprint density at radius 2 is 2.33 bits per heavy atom. The van der Waals surface area contributed by atoms with Gasteiger partial charge < -0.3 is 16.4 Å². The predicted molar refractivity (Wildman–Crippen MR) is 75.1 cm³/mol. The Morgan fingerprint density at radius 3 is 2.89 bits per heavy atom. The van der Waals surface area contributed by atoms with Gasteiger partial charge in [0.1, 0.15) is 10.7 Å². The van der Waals surface area contributed by atoms with E-state index in [4.69, 9.17) is 17.3 Å². The molecule has 0 aliphatic heterocycles. The van der Waals surface area contributed by atoms with Crippen LogP contribution in [0.2, 0.25) is 0 Å². The number of carbonyl (C=O) groups is 1. The first kappa shape index (κ1) is 13.2. The van der Waals surface area contributed by atoms with Gasteiger partial charge in [-0.25, -0.2) is 4.98 Å². The highest BCUT2D eigenvalue weighted by molar-refractivity contribution is 7.18. The van der Waals surface area contributed by atoms with Gasteiger partial charge in [-0.15, -0.1) is 0 Å². The summed E-state index contributed by atoms with van der Waals surface area (Å²) in [5.41, 5.74) is 5.73. The first-order chi connectivity index (χ1) is 8.56. The number of anilines is 2. The maximum absolute atomic E-state index is 11.8. The first-order valence-corrected chi connectivity index (χ1v) is 6.90. The standard InChI is InChI=1S/C11H15ClN4OS/c1-6(12)5-14-10(17)8-9(13)16-11(18-8)15-7-3-2-4-7/h7H,1-5,13H2,(H,14,17)(H,15,16). The number of nitrogens with zero attached hydrogens (tertiary/aromatic N) is 1. The van der Waals surface area contributed by atoms with Gasteiger partial charge in [-0.05, 0) is 19.3 Å². The largest absolute Gasteiger partial charge is 0.382 e. The van der Waals surface area contributed by atoms with Gasteiger partial charge in [0, 0.05) is 11.1 Å². The molecule has 1 aromatic heterocycles. The molecule has 0 atom stereocenters. The highest BCUT2D eigenvalue weighted by Gasteiger charge is 2.21. The summed E-state index contributed by atoms with van der Waals surface area (Å²) in [6, 6.07) is 0.467. The zero-order valence-corrected chi connectivity index (χ0v) is 11.4. The lowest BCUT2D eigenvalue weighted by Crippen LogP contribution is -2.26. The molecule has 0 unspecified atom stereocenters. The summed E-state index contributed by atoms with van der Waals surface area (Å²) in [4.78, 5) is 16.4. The second kappa shape index (κ2) is 5.58. The highest BCUT2D eigenvalue weighted by Crippen LogP contribution is 2.29. The van der Waals surface area contributed by atoms with Crippen LogP contribution in [0.25, 0.3) is 0 Å². The minimum Gasteiger partial charge on any atom is -0.382 e. The fourth-order valence-corrected chi connectivity index (χ4v) is 2.48.